The Bertz CT molecular complexity index is 582. The van der Waals surface area contributed by atoms with Crippen molar-refractivity contribution in [2.24, 2.45) is 5.92 Å². The lowest BCUT2D eigenvalue weighted by molar-refractivity contribution is -0.147. The lowest BCUT2D eigenvalue weighted by Gasteiger charge is -2.40. The fourth-order valence-corrected chi connectivity index (χ4v) is 4.30. The first-order chi connectivity index (χ1) is 12.1. The van der Waals surface area contributed by atoms with Gasteiger partial charge in [-0.1, -0.05) is 30.3 Å². The van der Waals surface area contributed by atoms with Crippen LogP contribution < -0.4 is 5.32 Å². The molecule has 6 heteroatoms. The molecule has 2 N–H and O–H groups in total. The molecule has 3 rings (SSSR count). The number of hydrogen-bond donors (Lipinski definition) is 2. The topological polar surface area (TPSA) is 78.9 Å². The van der Waals surface area contributed by atoms with Crippen molar-refractivity contribution >= 4 is 12.4 Å². The highest BCUT2D eigenvalue weighted by Gasteiger charge is 2.41. The summed E-state index contributed by atoms with van der Waals surface area (Å²) in [5.74, 6) is -0.190. The number of esters is 1. The van der Waals surface area contributed by atoms with E-state index in [-0.39, 0.29) is 24.3 Å². The van der Waals surface area contributed by atoms with Gasteiger partial charge in [0.1, 0.15) is 0 Å². The zero-order valence-corrected chi connectivity index (χ0v) is 14.5. The Kier molecular flexibility index (Phi) is 5.71. The summed E-state index contributed by atoms with van der Waals surface area (Å²) in [5, 5.41) is 14.3. The minimum absolute atomic E-state index is 0.100. The second kappa shape index (κ2) is 7.97. The van der Waals surface area contributed by atoms with Crippen LogP contribution in [-0.2, 0) is 14.3 Å². The van der Waals surface area contributed by atoms with E-state index < -0.39 is 6.23 Å². The van der Waals surface area contributed by atoms with Crippen LogP contribution in [-0.4, -0.2) is 47.6 Å². The van der Waals surface area contributed by atoms with Crippen LogP contribution in [0.5, 0.6) is 0 Å². The van der Waals surface area contributed by atoms with Crippen molar-refractivity contribution in [3.63, 3.8) is 0 Å². The molecule has 0 saturated carbocycles. The molecular formula is C19H26N2O4. The lowest BCUT2D eigenvalue weighted by atomic mass is 9.83. The molecule has 1 aromatic carbocycles. The van der Waals surface area contributed by atoms with Crippen LogP contribution in [0.1, 0.15) is 43.9 Å². The number of methoxy groups -OCH3 is 1. The number of carbonyl (C=O) groups excluding carboxylic acids is 2. The predicted molar refractivity (Wildman–Crippen MR) is 92.4 cm³/mol. The van der Waals surface area contributed by atoms with Crippen LogP contribution in [0.2, 0.25) is 0 Å². The van der Waals surface area contributed by atoms with E-state index in [4.69, 9.17) is 4.74 Å². The van der Waals surface area contributed by atoms with Crippen molar-refractivity contribution in [3.05, 3.63) is 35.9 Å². The minimum Gasteiger partial charge on any atom is -0.469 e. The highest BCUT2D eigenvalue weighted by Crippen LogP contribution is 2.37. The second-order valence-electron chi connectivity index (χ2n) is 7.05. The molecule has 2 bridgehead atoms. The summed E-state index contributed by atoms with van der Waals surface area (Å²) in [4.78, 5) is 25.2. The van der Waals surface area contributed by atoms with Gasteiger partial charge in [-0.25, -0.2) is 0 Å². The van der Waals surface area contributed by atoms with E-state index in [1.807, 2.05) is 18.2 Å². The van der Waals surface area contributed by atoms with Gasteiger partial charge >= 0.3 is 5.97 Å². The number of fused-ring (bicyclic) bond motifs is 2. The number of rotatable bonds is 7. The van der Waals surface area contributed by atoms with Crippen molar-refractivity contribution in [1.29, 1.82) is 0 Å². The molecule has 0 aliphatic carbocycles. The summed E-state index contributed by atoms with van der Waals surface area (Å²) in [7, 11) is 1.35. The number of piperidine rings is 1. The Morgan fingerprint density at radius 2 is 1.96 bits per heavy atom. The van der Waals surface area contributed by atoms with E-state index in [1.54, 1.807) is 12.1 Å². The Morgan fingerprint density at radius 3 is 2.52 bits per heavy atom. The Balaban J connectivity index is 1.83. The SMILES string of the molecule is COC(=O)C[C@H](C1CC2CCC(C1)N2)N(C=O)C(O)c1ccccc1. The van der Waals surface area contributed by atoms with Crippen LogP contribution in [0.15, 0.2) is 30.3 Å². The standard InChI is InChI=1S/C19H26N2O4/c1-25-18(23)11-17(14-9-15-7-8-16(10-14)20-15)21(12-22)19(24)13-5-3-2-4-6-13/h2-6,12,14-17,19-20,24H,7-11H2,1H3/t14?,15?,16?,17-,19?/m1/s1. The van der Waals surface area contributed by atoms with Gasteiger partial charge in [0.05, 0.1) is 13.5 Å². The number of benzene rings is 1. The lowest BCUT2D eigenvalue weighted by Crippen LogP contribution is -2.49. The predicted octanol–water partition coefficient (Wildman–Crippen LogP) is 1.60. The summed E-state index contributed by atoms with van der Waals surface area (Å²) < 4.78 is 4.84. The van der Waals surface area contributed by atoms with Crippen LogP contribution in [0.3, 0.4) is 0 Å². The maximum atomic E-state index is 12.0. The maximum Gasteiger partial charge on any atom is 0.307 e. The van der Waals surface area contributed by atoms with Crippen LogP contribution in [0, 0.1) is 5.92 Å². The summed E-state index contributed by atoms with van der Waals surface area (Å²) in [5.41, 5.74) is 0.640. The fraction of sp³-hybridized carbons (Fsp3) is 0.579. The average molecular weight is 346 g/mol. The summed E-state index contributed by atoms with van der Waals surface area (Å²) in [6.07, 6.45) is 3.77. The minimum atomic E-state index is -1.07. The molecule has 2 aliphatic rings. The van der Waals surface area contributed by atoms with Crippen molar-refractivity contribution in [3.8, 4) is 0 Å². The van der Waals surface area contributed by atoms with Crippen LogP contribution in [0.4, 0.5) is 0 Å². The van der Waals surface area contributed by atoms with Gasteiger partial charge in [-0.2, -0.15) is 0 Å². The molecule has 136 valence electrons. The zero-order chi connectivity index (χ0) is 17.8. The first-order valence-corrected chi connectivity index (χ1v) is 8.91. The molecule has 6 nitrogen and oxygen atoms in total. The van der Waals surface area contributed by atoms with Gasteiger partial charge in [-0.15, -0.1) is 0 Å². The normalized spacial score (nSPS) is 27.4. The van der Waals surface area contributed by atoms with Gasteiger partial charge < -0.3 is 20.1 Å². The number of aliphatic hydroxyl groups excluding tert-OH is 1. The third-order valence-electron chi connectivity index (χ3n) is 5.54. The van der Waals surface area contributed by atoms with E-state index in [2.05, 4.69) is 5.32 Å². The Hall–Kier alpha value is -1.92. The van der Waals surface area contributed by atoms with E-state index >= 15 is 0 Å². The largest absolute Gasteiger partial charge is 0.469 e. The molecule has 25 heavy (non-hydrogen) atoms. The Morgan fingerprint density at radius 1 is 1.32 bits per heavy atom. The third kappa shape index (κ3) is 4.02. The Labute approximate surface area is 148 Å². The number of nitrogens with zero attached hydrogens (tertiary/aromatic N) is 1. The van der Waals surface area contributed by atoms with E-state index in [9.17, 15) is 14.7 Å². The molecule has 0 spiro atoms. The van der Waals surface area contributed by atoms with Gasteiger partial charge in [-0.3, -0.25) is 9.59 Å². The first-order valence-electron chi connectivity index (χ1n) is 8.91. The van der Waals surface area contributed by atoms with Crippen molar-refractivity contribution in [2.75, 3.05) is 7.11 Å². The smallest absolute Gasteiger partial charge is 0.307 e. The monoisotopic (exact) mass is 346 g/mol. The number of nitrogens with one attached hydrogen (secondary N) is 1. The van der Waals surface area contributed by atoms with E-state index in [0.717, 1.165) is 25.7 Å². The van der Waals surface area contributed by atoms with E-state index in [0.29, 0.717) is 24.1 Å². The average Bonchev–Trinajstić information content (AvgIpc) is 2.99. The van der Waals surface area contributed by atoms with Gasteiger partial charge in [0, 0.05) is 23.7 Å². The number of aliphatic hydroxyl groups is 1. The number of carbonyl (C=O) groups is 2. The molecule has 0 radical (unpaired) electrons. The second-order valence-corrected chi connectivity index (χ2v) is 7.05. The third-order valence-corrected chi connectivity index (χ3v) is 5.54. The molecule has 1 aromatic rings. The van der Waals surface area contributed by atoms with Gasteiger partial charge in [0.15, 0.2) is 6.23 Å². The molecule has 1 amide bonds. The molecule has 0 aromatic heterocycles. The van der Waals surface area contributed by atoms with E-state index in [1.165, 1.54) is 12.0 Å². The molecule has 2 heterocycles. The summed E-state index contributed by atoms with van der Waals surface area (Å²) in [6.45, 7) is 0. The summed E-state index contributed by atoms with van der Waals surface area (Å²) in [6, 6.07) is 9.56. The van der Waals surface area contributed by atoms with Gasteiger partial charge in [0.2, 0.25) is 6.41 Å². The number of ether oxygens (including phenoxy) is 1. The quantitative estimate of drug-likeness (QED) is 0.445. The number of hydrogen-bond acceptors (Lipinski definition) is 5. The molecule has 3 unspecified atom stereocenters. The maximum absolute atomic E-state index is 12.0. The number of amides is 1. The van der Waals surface area contributed by atoms with Crippen molar-refractivity contribution < 1.29 is 19.4 Å². The van der Waals surface area contributed by atoms with Gasteiger partial charge in [-0.05, 0) is 31.6 Å². The molecular weight excluding hydrogens is 320 g/mol. The molecule has 2 saturated heterocycles. The molecule has 2 aliphatic heterocycles. The molecule has 2 fully saturated rings. The summed E-state index contributed by atoms with van der Waals surface area (Å²) >= 11 is 0. The first kappa shape index (κ1) is 17.9. The zero-order valence-electron chi connectivity index (χ0n) is 14.5. The van der Waals surface area contributed by atoms with Gasteiger partial charge in [0.25, 0.3) is 0 Å². The van der Waals surface area contributed by atoms with Crippen LogP contribution in [0.25, 0.3) is 0 Å². The van der Waals surface area contributed by atoms with Crippen molar-refractivity contribution in [2.45, 2.75) is 56.5 Å². The van der Waals surface area contributed by atoms with Crippen molar-refractivity contribution in [1.82, 2.24) is 10.2 Å². The van der Waals surface area contributed by atoms with Crippen LogP contribution >= 0.6 is 0 Å². The highest BCUT2D eigenvalue weighted by atomic mass is 16.5. The fourth-order valence-electron chi connectivity index (χ4n) is 4.30. The molecule has 4 atom stereocenters. The highest BCUT2D eigenvalue weighted by molar-refractivity contribution is 5.70.